The van der Waals surface area contributed by atoms with Gasteiger partial charge in [0.1, 0.15) is 0 Å². The molecule has 2 saturated heterocycles. The van der Waals surface area contributed by atoms with Crippen molar-refractivity contribution in [1.82, 2.24) is 9.80 Å². The molecule has 2 unspecified atom stereocenters. The zero-order valence-corrected chi connectivity index (χ0v) is 12.2. The van der Waals surface area contributed by atoms with Gasteiger partial charge in [0, 0.05) is 45.3 Å². The monoisotopic (exact) mass is 269 g/mol. The van der Waals surface area contributed by atoms with Crippen molar-refractivity contribution in [2.75, 3.05) is 50.8 Å². The average molecular weight is 269 g/mol. The summed E-state index contributed by atoms with van der Waals surface area (Å²) in [5.74, 6) is 4.58. The molecule has 4 heteroatoms. The number of piperazine rings is 1. The second-order valence-corrected chi connectivity index (χ2v) is 7.36. The van der Waals surface area contributed by atoms with E-state index in [4.69, 9.17) is 5.73 Å². The van der Waals surface area contributed by atoms with Crippen LogP contribution in [0.2, 0.25) is 0 Å². The number of nitrogens with two attached hydrogens (primary N) is 1. The Balaban J connectivity index is 1.47. The van der Waals surface area contributed by atoms with Crippen LogP contribution in [-0.2, 0) is 0 Å². The molecule has 0 radical (unpaired) electrons. The van der Waals surface area contributed by atoms with E-state index in [1.165, 1.54) is 63.5 Å². The predicted molar refractivity (Wildman–Crippen MR) is 79.0 cm³/mol. The lowest BCUT2D eigenvalue weighted by Gasteiger charge is -2.41. The molecule has 104 valence electrons. The van der Waals surface area contributed by atoms with Crippen molar-refractivity contribution in [3.05, 3.63) is 0 Å². The highest BCUT2D eigenvalue weighted by Gasteiger charge is 2.32. The van der Waals surface area contributed by atoms with Crippen molar-refractivity contribution in [3.8, 4) is 0 Å². The standard InChI is InChI=1S/C14H27N3S/c15-9-14(13-3-8-18-11-13)17-6-4-16(5-7-17)10-12-1-2-12/h12-14H,1-11,15H2. The van der Waals surface area contributed by atoms with Gasteiger partial charge < -0.3 is 10.6 Å². The van der Waals surface area contributed by atoms with Gasteiger partial charge in [0.2, 0.25) is 0 Å². The fourth-order valence-electron chi connectivity index (χ4n) is 3.44. The zero-order chi connectivity index (χ0) is 12.4. The summed E-state index contributed by atoms with van der Waals surface area (Å²) in [5.41, 5.74) is 6.04. The SMILES string of the molecule is NCC(C1CCSC1)N1CCN(CC2CC2)CC1. The van der Waals surface area contributed by atoms with Gasteiger partial charge in [-0.2, -0.15) is 11.8 Å². The van der Waals surface area contributed by atoms with E-state index < -0.39 is 0 Å². The van der Waals surface area contributed by atoms with Gasteiger partial charge in [0.15, 0.2) is 0 Å². The maximum Gasteiger partial charge on any atom is 0.0255 e. The Labute approximate surface area is 115 Å². The lowest BCUT2D eigenvalue weighted by Crippen LogP contribution is -2.55. The Morgan fingerprint density at radius 1 is 1.11 bits per heavy atom. The van der Waals surface area contributed by atoms with Gasteiger partial charge in [-0.25, -0.2) is 0 Å². The van der Waals surface area contributed by atoms with Crippen molar-refractivity contribution >= 4 is 11.8 Å². The van der Waals surface area contributed by atoms with Gasteiger partial charge in [-0.1, -0.05) is 0 Å². The van der Waals surface area contributed by atoms with Gasteiger partial charge >= 0.3 is 0 Å². The fourth-order valence-corrected chi connectivity index (χ4v) is 4.77. The van der Waals surface area contributed by atoms with Gasteiger partial charge in [0.05, 0.1) is 0 Å². The van der Waals surface area contributed by atoms with Crippen LogP contribution in [0.15, 0.2) is 0 Å². The van der Waals surface area contributed by atoms with Crippen LogP contribution in [0.1, 0.15) is 19.3 Å². The van der Waals surface area contributed by atoms with E-state index in [-0.39, 0.29) is 0 Å². The van der Waals surface area contributed by atoms with Crippen molar-refractivity contribution < 1.29 is 0 Å². The summed E-state index contributed by atoms with van der Waals surface area (Å²) >= 11 is 2.11. The number of hydrogen-bond donors (Lipinski definition) is 1. The predicted octanol–water partition coefficient (Wildman–Crippen LogP) is 1.09. The minimum Gasteiger partial charge on any atom is -0.329 e. The normalized spacial score (nSPS) is 32.8. The molecular formula is C14H27N3S. The van der Waals surface area contributed by atoms with E-state index in [1.807, 2.05) is 0 Å². The van der Waals surface area contributed by atoms with Gasteiger partial charge in [-0.05, 0) is 42.6 Å². The van der Waals surface area contributed by atoms with Gasteiger partial charge in [-0.3, -0.25) is 4.90 Å². The molecule has 0 aromatic heterocycles. The second-order valence-electron chi connectivity index (χ2n) is 6.21. The first-order valence-electron chi connectivity index (χ1n) is 7.61. The van der Waals surface area contributed by atoms with E-state index in [1.54, 1.807) is 0 Å². The Morgan fingerprint density at radius 2 is 1.89 bits per heavy atom. The molecule has 1 aliphatic carbocycles. The van der Waals surface area contributed by atoms with Crippen molar-refractivity contribution in [2.24, 2.45) is 17.6 Å². The molecule has 2 aliphatic heterocycles. The first-order valence-corrected chi connectivity index (χ1v) is 8.76. The summed E-state index contributed by atoms with van der Waals surface area (Å²) < 4.78 is 0. The van der Waals surface area contributed by atoms with Crippen molar-refractivity contribution in [2.45, 2.75) is 25.3 Å². The summed E-state index contributed by atoms with van der Waals surface area (Å²) in [4.78, 5) is 5.35. The lowest BCUT2D eigenvalue weighted by molar-refractivity contribution is 0.0754. The maximum absolute atomic E-state index is 6.04. The largest absolute Gasteiger partial charge is 0.329 e. The molecule has 3 aliphatic rings. The molecule has 1 saturated carbocycles. The Morgan fingerprint density at radius 3 is 2.44 bits per heavy atom. The van der Waals surface area contributed by atoms with E-state index in [2.05, 4.69) is 21.6 Å². The van der Waals surface area contributed by atoms with E-state index in [0.717, 1.165) is 18.4 Å². The Kier molecular flexibility index (Phi) is 4.50. The van der Waals surface area contributed by atoms with Gasteiger partial charge in [0.25, 0.3) is 0 Å². The molecule has 3 rings (SSSR count). The fraction of sp³-hybridized carbons (Fsp3) is 1.00. The molecule has 3 nitrogen and oxygen atoms in total. The number of hydrogen-bond acceptors (Lipinski definition) is 4. The number of thioether (sulfide) groups is 1. The lowest BCUT2D eigenvalue weighted by atomic mass is 9.97. The molecule has 2 atom stereocenters. The van der Waals surface area contributed by atoms with Crippen LogP contribution >= 0.6 is 11.8 Å². The molecule has 0 aromatic rings. The van der Waals surface area contributed by atoms with Crippen LogP contribution in [0.25, 0.3) is 0 Å². The summed E-state index contributed by atoms with van der Waals surface area (Å²) in [6, 6.07) is 0.656. The molecule has 2 N–H and O–H groups in total. The molecule has 0 amide bonds. The van der Waals surface area contributed by atoms with Crippen LogP contribution in [0.4, 0.5) is 0 Å². The summed E-state index contributed by atoms with van der Waals surface area (Å²) in [5, 5.41) is 0. The van der Waals surface area contributed by atoms with Crippen molar-refractivity contribution in [3.63, 3.8) is 0 Å². The van der Waals surface area contributed by atoms with Crippen LogP contribution < -0.4 is 5.73 Å². The molecule has 18 heavy (non-hydrogen) atoms. The number of nitrogens with zero attached hydrogens (tertiary/aromatic N) is 2. The van der Waals surface area contributed by atoms with Crippen molar-refractivity contribution in [1.29, 1.82) is 0 Å². The summed E-state index contributed by atoms with van der Waals surface area (Å²) in [7, 11) is 0. The maximum atomic E-state index is 6.04. The minimum atomic E-state index is 0.656. The highest BCUT2D eigenvalue weighted by molar-refractivity contribution is 7.99. The van der Waals surface area contributed by atoms with E-state index >= 15 is 0 Å². The first kappa shape index (κ1) is 13.2. The molecule has 0 bridgehead atoms. The third kappa shape index (κ3) is 3.21. The highest BCUT2D eigenvalue weighted by atomic mass is 32.2. The van der Waals surface area contributed by atoms with Crippen LogP contribution in [0, 0.1) is 11.8 Å². The highest BCUT2D eigenvalue weighted by Crippen LogP contribution is 2.31. The zero-order valence-electron chi connectivity index (χ0n) is 11.4. The second kappa shape index (κ2) is 6.12. The molecular weight excluding hydrogens is 242 g/mol. The number of rotatable bonds is 5. The molecule has 3 fully saturated rings. The molecule has 0 aromatic carbocycles. The van der Waals surface area contributed by atoms with Gasteiger partial charge in [-0.15, -0.1) is 0 Å². The smallest absolute Gasteiger partial charge is 0.0255 e. The Hall–Kier alpha value is 0.230. The van der Waals surface area contributed by atoms with E-state index in [9.17, 15) is 0 Å². The summed E-state index contributed by atoms with van der Waals surface area (Å²) in [6.07, 6.45) is 4.34. The first-order chi connectivity index (χ1) is 8.86. The molecule has 0 spiro atoms. The van der Waals surface area contributed by atoms with Crippen LogP contribution in [0.5, 0.6) is 0 Å². The third-order valence-corrected chi connectivity index (χ3v) is 6.03. The quantitative estimate of drug-likeness (QED) is 0.810. The minimum absolute atomic E-state index is 0.656. The topological polar surface area (TPSA) is 32.5 Å². The van der Waals surface area contributed by atoms with E-state index in [0.29, 0.717) is 6.04 Å². The average Bonchev–Trinajstić information content (AvgIpc) is 3.05. The van der Waals surface area contributed by atoms with Crippen LogP contribution in [-0.4, -0.2) is 66.6 Å². The van der Waals surface area contributed by atoms with Crippen LogP contribution in [0.3, 0.4) is 0 Å². The summed E-state index contributed by atoms with van der Waals surface area (Å²) in [6.45, 7) is 7.25. The molecule has 2 heterocycles. The third-order valence-electron chi connectivity index (χ3n) is 4.84. The Bertz CT molecular complexity index is 256.